The van der Waals surface area contributed by atoms with E-state index in [0.717, 1.165) is 77.0 Å². The van der Waals surface area contributed by atoms with Gasteiger partial charge in [-0.25, -0.2) is 33.7 Å². The van der Waals surface area contributed by atoms with E-state index in [0.29, 0.717) is 84.4 Å². The Morgan fingerprint density at radius 2 is 0.822 bits per heavy atom. The molecule has 90 heavy (non-hydrogen) atoms. The SMILES string of the molecule is CC(C)c1cc(OCC2CC2C)cc(N(C)S(C)(=O)=O)c1.CC(C)c1cc(OCC2CC2C)cc(N2CCCS2(=O)=O)c1.CCC(C)N(C)C(=O)c1cc(C(C)C)cc(N(C)S(C)(=O)=O)c1.CCC(C)N(C)C(=O)c1cc(C(C)C)cc(N2CCCS2(=O)=O)c1. The Morgan fingerprint density at radius 3 is 1.16 bits per heavy atom. The van der Waals surface area contributed by atoms with Gasteiger partial charge in [0.2, 0.25) is 40.1 Å². The largest absolute Gasteiger partial charge is 0.493 e. The van der Waals surface area contributed by atoms with Crippen molar-refractivity contribution in [1.29, 1.82) is 0 Å². The predicted molar refractivity (Wildman–Crippen MR) is 369 cm³/mol. The van der Waals surface area contributed by atoms with Gasteiger partial charge < -0.3 is 19.3 Å². The normalized spacial score (nSPS) is 19.6. The van der Waals surface area contributed by atoms with Gasteiger partial charge in [-0.15, -0.1) is 0 Å². The molecule has 2 heterocycles. The summed E-state index contributed by atoms with van der Waals surface area (Å²) in [5, 5.41) is 0. The van der Waals surface area contributed by atoms with E-state index >= 15 is 0 Å². The number of hydrogen-bond acceptors (Lipinski definition) is 12. The number of carbonyl (C=O) groups is 2. The Labute approximate surface area is 542 Å². The fourth-order valence-corrected chi connectivity index (χ4v) is 14.2. The van der Waals surface area contributed by atoms with Crippen LogP contribution in [0.4, 0.5) is 22.7 Å². The van der Waals surface area contributed by atoms with E-state index in [4.69, 9.17) is 9.47 Å². The molecule has 0 bridgehead atoms. The first-order valence-electron chi connectivity index (χ1n) is 32.0. The van der Waals surface area contributed by atoms with Crippen molar-refractivity contribution in [1.82, 2.24) is 9.80 Å². The molecule has 4 aromatic carbocycles. The zero-order chi connectivity index (χ0) is 67.7. The maximum atomic E-state index is 12.8. The minimum Gasteiger partial charge on any atom is -0.493 e. The number of nitrogens with zero attached hydrogens (tertiary/aromatic N) is 6. The van der Waals surface area contributed by atoms with Crippen LogP contribution in [0.3, 0.4) is 0 Å². The van der Waals surface area contributed by atoms with Crippen molar-refractivity contribution in [3.63, 3.8) is 0 Å². The lowest BCUT2D eigenvalue weighted by molar-refractivity contribution is 0.0733. The minimum absolute atomic E-state index is 0.0651. The van der Waals surface area contributed by atoms with Gasteiger partial charge in [0.1, 0.15) is 11.5 Å². The van der Waals surface area contributed by atoms with Gasteiger partial charge in [-0.3, -0.25) is 26.8 Å². The van der Waals surface area contributed by atoms with Crippen molar-refractivity contribution in [3.8, 4) is 11.5 Å². The van der Waals surface area contributed by atoms with Crippen LogP contribution in [0.2, 0.25) is 0 Å². The summed E-state index contributed by atoms with van der Waals surface area (Å²) in [6.45, 7) is 31.6. The maximum absolute atomic E-state index is 12.8. The van der Waals surface area contributed by atoms with Gasteiger partial charge in [-0.05, 0) is 183 Å². The Bertz CT molecular complexity index is 3580. The first-order valence-corrected chi connectivity index (χ1v) is 38.9. The Balaban J connectivity index is 0.000000218. The van der Waals surface area contributed by atoms with Crippen LogP contribution in [-0.4, -0.2) is 146 Å². The summed E-state index contributed by atoms with van der Waals surface area (Å²) in [6.07, 6.45) is 7.89. The Kier molecular flexibility index (Phi) is 26.2. The molecule has 18 nitrogen and oxygen atoms in total. The lowest BCUT2D eigenvalue weighted by Gasteiger charge is -2.25. The summed E-state index contributed by atoms with van der Waals surface area (Å²) in [7, 11) is -6.40. The lowest BCUT2D eigenvalue weighted by atomic mass is 9.99. The summed E-state index contributed by atoms with van der Waals surface area (Å²) < 4.78 is 113. The molecule has 0 spiro atoms. The van der Waals surface area contributed by atoms with Crippen LogP contribution in [0.5, 0.6) is 11.5 Å². The highest BCUT2D eigenvalue weighted by Gasteiger charge is 2.35. The Morgan fingerprint density at radius 1 is 0.500 bits per heavy atom. The molecular weight excluding hydrogens is 1220 g/mol. The molecule has 0 aromatic heterocycles. The molecule has 2 amide bonds. The van der Waals surface area contributed by atoms with Crippen LogP contribution in [0.25, 0.3) is 0 Å². The van der Waals surface area contributed by atoms with Crippen LogP contribution in [0, 0.1) is 23.7 Å². The standard InChI is InChI=1S/C18H28N2O3S.C17H28N2O3S.C17H25NO3S.C16H25NO3S/c1-6-14(4)19(5)18(21)16-10-15(13(2)3)11-17(12-16)20-8-7-9-24(20,22)23;1-8-13(4)18(5)17(20)15-9-14(12(2)3)10-16(11-15)19(6)23(7,21)22;1-12(2)14-8-16(18-5-4-6-22(18,19)20)10-17(9-14)21-11-15-7-13(15)3;1-11(2)13-7-15(17(4)21(5,18)19)9-16(8-13)20-10-14-6-12(14)3/h10-14H,6-9H2,1-5H3;9-13H,8H2,1-7H3;8-10,12-13,15H,4-7,11H2,1-3H3;7-9,11-12,14H,6,10H2,1-5H3. The third-order valence-corrected chi connectivity index (χ3v) is 24.1. The van der Waals surface area contributed by atoms with Gasteiger partial charge in [-0.1, -0.05) is 83.1 Å². The number of benzene rings is 4. The van der Waals surface area contributed by atoms with Gasteiger partial charge in [0, 0.05) is 76.6 Å². The van der Waals surface area contributed by atoms with E-state index in [1.54, 1.807) is 49.1 Å². The van der Waals surface area contributed by atoms with Gasteiger partial charge in [0.05, 0.1) is 60.0 Å². The third-order valence-electron chi connectivity index (χ3n) is 18.0. The zero-order valence-electron chi connectivity index (χ0n) is 57.4. The molecule has 504 valence electrons. The van der Waals surface area contributed by atoms with Crippen molar-refractivity contribution >= 4 is 74.7 Å². The maximum Gasteiger partial charge on any atom is 0.253 e. The molecule has 2 saturated heterocycles. The first-order chi connectivity index (χ1) is 41.7. The van der Waals surface area contributed by atoms with Gasteiger partial charge in [0.15, 0.2) is 0 Å². The molecule has 2 saturated carbocycles. The number of ether oxygens (including phenoxy) is 2. The average molecular weight is 1330 g/mol. The van der Waals surface area contributed by atoms with Crippen LogP contribution in [0.15, 0.2) is 72.8 Å². The average Bonchev–Trinajstić information content (AvgIpc) is 1.43. The van der Waals surface area contributed by atoms with Crippen molar-refractivity contribution in [2.75, 3.05) is 95.7 Å². The predicted octanol–water partition coefficient (Wildman–Crippen LogP) is 12.9. The second-order valence-electron chi connectivity index (χ2n) is 26.6. The van der Waals surface area contributed by atoms with Crippen molar-refractivity contribution in [2.45, 2.75) is 171 Å². The minimum atomic E-state index is -3.37. The fraction of sp³-hybridized carbons (Fsp3) is 0.618. The highest BCUT2D eigenvalue weighted by molar-refractivity contribution is 7.93. The molecule has 6 atom stereocenters. The van der Waals surface area contributed by atoms with Crippen LogP contribution < -0.4 is 26.7 Å². The van der Waals surface area contributed by atoms with Crippen LogP contribution >= 0.6 is 0 Å². The van der Waals surface area contributed by atoms with E-state index in [9.17, 15) is 43.3 Å². The first kappa shape index (κ1) is 75.1. The monoisotopic (exact) mass is 1330 g/mol. The molecule has 2 aliphatic carbocycles. The summed E-state index contributed by atoms with van der Waals surface area (Å²) in [6, 6.07) is 22.7. The quantitative estimate of drug-likeness (QED) is 0.0720. The number of rotatable bonds is 22. The molecule has 4 aliphatic rings. The second-order valence-corrected chi connectivity index (χ2v) is 34.7. The summed E-state index contributed by atoms with van der Waals surface area (Å²) in [5.41, 5.74) is 7.74. The lowest BCUT2D eigenvalue weighted by Crippen LogP contribution is -2.35. The van der Waals surface area contributed by atoms with Crippen molar-refractivity contribution in [2.24, 2.45) is 23.7 Å². The molecule has 22 heteroatoms. The highest BCUT2D eigenvalue weighted by atomic mass is 32.2. The van der Waals surface area contributed by atoms with E-state index in [-0.39, 0.29) is 47.2 Å². The molecule has 2 aliphatic heterocycles. The van der Waals surface area contributed by atoms with Gasteiger partial charge in [0.25, 0.3) is 11.8 Å². The molecule has 4 aromatic rings. The summed E-state index contributed by atoms with van der Waals surface area (Å²) in [5.74, 6) is 5.69. The Hall–Kier alpha value is -5.58. The van der Waals surface area contributed by atoms with Gasteiger partial charge in [-0.2, -0.15) is 0 Å². The summed E-state index contributed by atoms with van der Waals surface area (Å²) in [4.78, 5) is 28.9. The molecule has 8 rings (SSSR count). The number of carbonyl (C=O) groups excluding carboxylic acids is 2. The number of anilines is 4. The molecular formula is C68H106N6O12S4. The van der Waals surface area contributed by atoms with Crippen LogP contribution in [-0.2, 0) is 40.1 Å². The molecule has 4 fully saturated rings. The zero-order valence-corrected chi connectivity index (χ0v) is 60.7. The third kappa shape index (κ3) is 20.7. The fourth-order valence-electron chi connectivity index (χ4n) is 10.1. The smallest absolute Gasteiger partial charge is 0.253 e. The highest BCUT2D eigenvalue weighted by Crippen LogP contribution is 2.40. The number of sulfonamides is 4. The molecule has 0 N–H and O–H groups in total. The van der Waals surface area contributed by atoms with Gasteiger partial charge >= 0.3 is 0 Å². The number of amides is 2. The topological polar surface area (TPSA) is 209 Å². The van der Waals surface area contributed by atoms with E-state index in [2.05, 4.69) is 41.5 Å². The van der Waals surface area contributed by atoms with E-state index in [1.807, 2.05) is 110 Å². The molecule has 0 radical (unpaired) electrons. The van der Waals surface area contributed by atoms with Crippen molar-refractivity contribution < 1.29 is 52.7 Å². The van der Waals surface area contributed by atoms with E-state index < -0.39 is 40.1 Å². The summed E-state index contributed by atoms with van der Waals surface area (Å²) >= 11 is 0. The number of hydrogen-bond donors (Lipinski definition) is 0. The second kappa shape index (κ2) is 31.4. The van der Waals surface area contributed by atoms with Crippen LogP contribution in [0.1, 0.15) is 202 Å². The molecule has 6 unspecified atom stereocenters. The van der Waals surface area contributed by atoms with Crippen molar-refractivity contribution in [3.05, 3.63) is 106 Å². The van der Waals surface area contributed by atoms with E-state index in [1.165, 1.54) is 43.4 Å².